The Morgan fingerprint density at radius 2 is 1.83 bits per heavy atom. The summed E-state index contributed by atoms with van der Waals surface area (Å²) < 4.78 is 5.48. The van der Waals surface area contributed by atoms with Crippen molar-refractivity contribution in [2.24, 2.45) is 0 Å². The molecule has 0 amide bonds. The van der Waals surface area contributed by atoms with Gasteiger partial charge >= 0.3 is 5.97 Å². The summed E-state index contributed by atoms with van der Waals surface area (Å²) in [7, 11) is 0. The van der Waals surface area contributed by atoms with E-state index >= 15 is 0 Å². The molecular formula is C13H10O4S. The Kier molecular flexibility index (Phi) is 3.43. The number of carboxylic acid groups (broad SMARTS) is 1. The largest absolute Gasteiger partial charge is 0.477 e. The lowest BCUT2D eigenvalue weighted by Gasteiger charge is -2.03. The van der Waals surface area contributed by atoms with Crippen LogP contribution in [0.5, 0.6) is 11.5 Å². The number of ketones is 1. The monoisotopic (exact) mass is 262 g/mol. The molecule has 0 saturated heterocycles. The molecule has 5 heteroatoms. The molecule has 0 unspecified atom stereocenters. The van der Waals surface area contributed by atoms with Crippen molar-refractivity contribution in [3.05, 3.63) is 46.2 Å². The van der Waals surface area contributed by atoms with Crippen LogP contribution in [-0.4, -0.2) is 16.9 Å². The van der Waals surface area contributed by atoms with E-state index in [4.69, 9.17) is 9.84 Å². The molecule has 0 aliphatic heterocycles. The van der Waals surface area contributed by atoms with Crippen LogP contribution < -0.4 is 4.74 Å². The summed E-state index contributed by atoms with van der Waals surface area (Å²) >= 11 is 1.11. The Morgan fingerprint density at radius 1 is 1.17 bits per heavy atom. The molecule has 1 N–H and O–H groups in total. The average Bonchev–Trinajstić information content (AvgIpc) is 2.78. The first-order valence-electron chi connectivity index (χ1n) is 5.17. The van der Waals surface area contributed by atoms with Crippen LogP contribution in [0.4, 0.5) is 0 Å². The normalized spacial score (nSPS) is 10.1. The first-order chi connectivity index (χ1) is 8.56. The number of Topliss-reactive ketones (excluding diaryl/α,β-unsaturated/α-hetero) is 1. The highest BCUT2D eigenvalue weighted by Crippen LogP contribution is 2.27. The number of carbonyl (C=O) groups is 2. The van der Waals surface area contributed by atoms with Crippen molar-refractivity contribution in [3.63, 3.8) is 0 Å². The highest BCUT2D eigenvalue weighted by molar-refractivity contribution is 7.12. The van der Waals surface area contributed by atoms with E-state index in [1.807, 2.05) is 0 Å². The Balaban J connectivity index is 2.13. The minimum absolute atomic E-state index is 0.00903. The Labute approximate surface area is 107 Å². The highest BCUT2D eigenvalue weighted by Gasteiger charge is 2.08. The number of ether oxygens (including phenoxy) is 1. The topological polar surface area (TPSA) is 63.6 Å². The molecule has 4 nitrogen and oxygen atoms in total. The summed E-state index contributed by atoms with van der Waals surface area (Å²) in [5.74, 6) is 0.0646. The smallest absolute Gasteiger partial charge is 0.346 e. The summed E-state index contributed by atoms with van der Waals surface area (Å²) in [6.07, 6.45) is 0. The number of carbonyl (C=O) groups excluding carboxylic acids is 1. The maximum Gasteiger partial charge on any atom is 0.346 e. The van der Waals surface area contributed by atoms with E-state index in [0.29, 0.717) is 17.1 Å². The standard InChI is InChI=1S/C13H10O4S/c1-8(14)9-2-4-10(5-3-9)17-11-6-12(13(15)16)18-7-11/h2-7H,1H3,(H,15,16). The van der Waals surface area contributed by atoms with E-state index in [1.54, 1.807) is 29.6 Å². The van der Waals surface area contributed by atoms with Gasteiger partial charge in [0.15, 0.2) is 5.78 Å². The summed E-state index contributed by atoms with van der Waals surface area (Å²) in [6, 6.07) is 8.15. The Morgan fingerprint density at radius 3 is 2.33 bits per heavy atom. The molecule has 1 aromatic heterocycles. The Bertz CT molecular complexity index is 583. The fourth-order valence-electron chi connectivity index (χ4n) is 1.38. The Hall–Kier alpha value is -2.14. The van der Waals surface area contributed by atoms with E-state index in [2.05, 4.69) is 0 Å². The lowest BCUT2D eigenvalue weighted by Crippen LogP contribution is -1.91. The van der Waals surface area contributed by atoms with Crippen molar-refractivity contribution in [3.8, 4) is 11.5 Å². The maximum atomic E-state index is 11.1. The molecule has 0 saturated carbocycles. The van der Waals surface area contributed by atoms with Crippen LogP contribution in [-0.2, 0) is 0 Å². The zero-order valence-electron chi connectivity index (χ0n) is 9.54. The molecule has 0 atom stereocenters. The van der Waals surface area contributed by atoms with Crippen LogP contribution in [0.25, 0.3) is 0 Å². The molecule has 0 bridgehead atoms. The zero-order valence-corrected chi connectivity index (χ0v) is 10.4. The highest BCUT2D eigenvalue weighted by atomic mass is 32.1. The molecule has 92 valence electrons. The van der Waals surface area contributed by atoms with Gasteiger partial charge < -0.3 is 9.84 Å². The minimum atomic E-state index is -0.971. The number of rotatable bonds is 4. The zero-order chi connectivity index (χ0) is 13.1. The van der Waals surface area contributed by atoms with Gasteiger partial charge in [-0.05, 0) is 31.2 Å². The van der Waals surface area contributed by atoms with Crippen molar-refractivity contribution >= 4 is 23.1 Å². The van der Waals surface area contributed by atoms with Crippen molar-refractivity contribution in [2.45, 2.75) is 6.92 Å². The van der Waals surface area contributed by atoms with Gasteiger partial charge in [0.25, 0.3) is 0 Å². The van der Waals surface area contributed by atoms with E-state index in [-0.39, 0.29) is 10.7 Å². The summed E-state index contributed by atoms with van der Waals surface area (Å²) in [5, 5.41) is 10.4. The van der Waals surface area contributed by atoms with Gasteiger partial charge in [-0.15, -0.1) is 11.3 Å². The van der Waals surface area contributed by atoms with Gasteiger partial charge in [0.05, 0.1) is 0 Å². The minimum Gasteiger partial charge on any atom is -0.477 e. The molecule has 18 heavy (non-hydrogen) atoms. The second kappa shape index (κ2) is 5.01. The van der Waals surface area contributed by atoms with Crippen LogP contribution in [0.2, 0.25) is 0 Å². The van der Waals surface area contributed by atoms with Crippen molar-refractivity contribution < 1.29 is 19.4 Å². The van der Waals surface area contributed by atoms with Crippen LogP contribution in [0, 0.1) is 0 Å². The molecule has 0 spiro atoms. The molecule has 0 aliphatic rings. The molecule has 0 radical (unpaired) electrons. The van der Waals surface area contributed by atoms with Crippen molar-refractivity contribution in [1.29, 1.82) is 0 Å². The third kappa shape index (κ3) is 2.75. The van der Waals surface area contributed by atoms with Gasteiger partial charge in [0, 0.05) is 17.0 Å². The van der Waals surface area contributed by atoms with Crippen molar-refractivity contribution in [1.82, 2.24) is 0 Å². The fourth-order valence-corrected chi connectivity index (χ4v) is 2.02. The maximum absolute atomic E-state index is 11.1. The number of benzene rings is 1. The van der Waals surface area contributed by atoms with Gasteiger partial charge in [-0.1, -0.05) is 0 Å². The van der Waals surface area contributed by atoms with Gasteiger partial charge in [0.2, 0.25) is 0 Å². The third-order valence-electron chi connectivity index (χ3n) is 2.28. The van der Waals surface area contributed by atoms with E-state index in [1.165, 1.54) is 13.0 Å². The molecule has 2 rings (SSSR count). The predicted octanol–water partition coefficient (Wildman–Crippen LogP) is 3.44. The summed E-state index contributed by atoms with van der Waals surface area (Å²) in [5.41, 5.74) is 0.610. The number of thiophene rings is 1. The van der Waals surface area contributed by atoms with E-state index in [0.717, 1.165) is 11.3 Å². The van der Waals surface area contributed by atoms with Gasteiger partial charge in [-0.3, -0.25) is 4.79 Å². The van der Waals surface area contributed by atoms with Crippen molar-refractivity contribution in [2.75, 3.05) is 0 Å². The molecule has 1 heterocycles. The van der Waals surface area contributed by atoms with Crippen LogP contribution in [0.1, 0.15) is 27.0 Å². The van der Waals surface area contributed by atoms with Gasteiger partial charge in [-0.25, -0.2) is 4.79 Å². The second-order valence-corrected chi connectivity index (χ2v) is 4.55. The fraction of sp³-hybridized carbons (Fsp3) is 0.0769. The predicted molar refractivity (Wildman–Crippen MR) is 67.8 cm³/mol. The first-order valence-corrected chi connectivity index (χ1v) is 6.05. The molecule has 1 aromatic carbocycles. The molecule has 0 aliphatic carbocycles. The molecule has 0 fully saturated rings. The van der Waals surface area contributed by atoms with Crippen LogP contribution in [0.15, 0.2) is 35.7 Å². The molecule has 2 aromatic rings. The number of hydrogen-bond acceptors (Lipinski definition) is 4. The average molecular weight is 262 g/mol. The second-order valence-electron chi connectivity index (χ2n) is 3.63. The van der Waals surface area contributed by atoms with Crippen LogP contribution >= 0.6 is 11.3 Å². The van der Waals surface area contributed by atoms with E-state index < -0.39 is 5.97 Å². The number of aromatic carboxylic acids is 1. The summed E-state index contributed by atoms with van der Waals surface area (Å²) in [6.45, 7) is 1.49. The quantitative estimate of drug-likeness (QED) is 0.857. The van der Waals surface area contributed by atoms with Crippen LogP contribution in [0.3, 0.4) is 0 Å². The SMILES string of the molecule is CC(=O)c1ccc(Oc2csc(C(=O)O)c2)cc1. The third-order valence-corrected chi connectivity index (χ3v) is 3.18. The lowest BCUT2D eigenvalue weighted by atomic mass is 10.1. The first kappa shape index (κ1) is 12.3. The van der Waals surface area contributed by atoms with Gasteiger partial charge in [-0.2, -0.15) is 0 Å². The van der Waals surface area contributed by atoms with E-state index in [9.17, 15) is 9.59 Å². The summed E-state index contributed by atoms with van der Waals surface area (Å²) in [4.78, 5) is 22.0. The number of hydrogen-bond donors (Lipinski definition) is 1. The number of carboxylic acids is 1. The molecular weight excluding hydrogens is 252 g/mol. The lowest BCUT2D eigenvalue weighted by molar-refractivity contribution is 0.0701. The van der Waals surface area contributed by atoms with Gasteiger partial charge in [0.1, 0.15) is 16.4 Å².